The van der Waals surface area contributed by atoms with Gasteiger partial charge in [0, 0.05) is 27.7 Å². The van der Waals surface area contributed by atoms with Crippen molar-refractivity contribution in [2.24, 2.45) is 0 Å². The first-order valence-corrected chi connectivity index (χ1v) is 4.62. The smallest absolute Gasteiger partial charge is 0.123 e. The van der Waals surface area contributed by atoms with Crippen LogP contribution in [0.15, 0.2) is 41.3 Å². The molecule has 66 valence electrons. The number of hydrogen-bond donors (Lipinski definition) is 2. The van der Waals surface area contributed by atoms with Crippen LogP contribution in [0.25, 0.3) is 10.8 Å². The lowest BCUT2D eigenvalue weighted by Crippen LogP contribution is -1.77. The van der Waals surface area contributed by atoms with Gasteiger partial charge in [0.25, 0.3) is 0 Å². The van der Waals surface area contributed by atoms with Crippen molar-refractivity contribution in [2.75, 3.05) is 0 Å². The van der Waals surface area contributed by atoms with E-state index in [9.17, 15) is 5.11 Å². The number of aromatic hydroxyl groups is 1. The van der Waals surface area contributed by atoms with Gasteiger partial charge < -0.3 is 9.66 Å². The van der Waals surface area contributed by atoms with Crippen LogP contribution in [0.2, 0.25) is 0 Å². The molecule has 3 heteroatoms. The number of benzene rings is 2. The number of phenolic OH excluding ortho intramolecular Hbond substituents is 1. The highest BCUT2D eigenvalue weighted by atomic mass is 32.2. The maximum absolute atomic E-state index is 9.50. The van der Waals surface area contributed by atoms with E-state index in [-0.39, 0.29) is 5.75 Å². The van der Waals surface area contributed by atoms with Crippen molar-refractivity contribution in [3.05, 3.63) is 36.4 Å². The van der Waals surface area contributed by atoms with Crippen molar-refractivity contribution < 1.29 is 9.66 Å². The van der Waals surface area contributed by atoms with Crippen LogP contribution in [0.1, 0.15) is 0 Å². The van der Waals surface area contributed by atoms with Crippen molar-refractivity contribution in [2.45, 2.75) is 4.90 Å². The molecule has 0 unspecified atom stereocenters. The van der Waals surface area contributed by atoms with Gasteiger partial charge in [-0.15, -0.1) is 0 Å². The molecule has 0 saturated carbocycles. The zero-order valence-electron chi connectivity index (χ0n) is 6.77. The molecule has 0 saturated heterocycles. The van der Waals surface area contributed by atoms with E-state index in [0.717, 1.165) is 15.7 Å². The van der Waals surface area contributed by atoms with Gasteiger partial charge in [-0.05, 0) is 12.1 Å². The highest BCUT2D eigenvalue weighted by molar-refractivity contribution is 7.94. The van der Waals surface area contributed by atoms with Crippen molar-refractivity contribution in [1.29, 1.82) is 0 Å². The molecule has 0 aliphatic heterocycles. The van der Waals surface area contributed by atoms with Gasteiger partial charge >= 0.3 is 0 Å². The van der Waals surface area contributed by atoms with E-state index in [2.05, 4.69) is 0 Å². The molecule has 2 N–H and O–H groups in total. The van der Waals surface area contributed by atoms with Crippen LogP contribution in [0.4, 0.5) is 0 Å². The summed E-state index contributed by atoms with van der Waals surface area (Å²) in [6.45, 7) is 0. The monoisotopic (exact) mass is 192 g/mol. The van der Waals surface area contributed by atoms with Gasteiger partial charge in [-0.2, -0.15) is 0 Å². The Labute approximate surface area is 80.0 Å². The number of phenols is 1. The lowest BCUT2D eigenvalue weighted by Gasteiger charge is -2.03. The zero-order valence-corrected chi connectivity index (χ0v) is 7.58. The third kappa shape index (κ3) is 1.36. The number of fused-ring (bicyclic) bond motifs is 1. The molecule has 2 nitrogen and oxygen atoms in total. The van der Waals surface area contributed by atoms with Gasteiger partial charge in [0.15, 0.2) is 0 Å². The average Bonchev–Trinajstić information content (AvgIpc) is 2.19. The van der Waals surface area contributed by atoms with E-state index in [0.29, 0.717) is 12.0 Å². The van der Waals surface area contributed by atoms with Crippen molar-refractivity contribution >= 4 is 22.8 Å². The second-order valence-electron chi connectivity index (χ2n) is 2.72. The van der Waals surface area contributed by atoms with Gasteiger partial charge in [0.2, 0.25) is 0 Å². The fraction of sp³-hybridized carbons (Fsp3) is 0. The van der Waals surface area contributed by atoms with Crippen molar-refractivity contribution in [3.8, 4) is 5.75 Å². The molecule has 13 heavy (non-hydrogen) atoms. The highest BCUT2D eigenvalue weighted by Gasteiger charge is 2.03. The summed E-state index contributed by atoms with van der Waals surface area (Å²) < 4.78 is 8.96. The molecular weight excluding hydrogens is 184 g/mol. The Morgan fingerprint density at radius 1 is 0.923 bits per heavy atom. The lowest BCUT2D eigenvalue weighted by atomic mass is 10.1. The summed E-state index contributed by atoms with van der Waals surface area (Å²) in [5, 5.41) is 11.1. The number of hydrogen-bond acceptors (Lipinski definition) is 3. The van der Waals surface area contributed by atoms with Crippen molar-refractivity contribution in [1.82, 2.24) is 0 Å². The standard InChI is InChI=1S/C10H8O2S/c11-9-5-6-10(13-12)8-4-2-1-3-7(8)9/h1-6,11-12H. The van der Waals surface area contributed by atoms with Crippen LogP contribution in [0.5, 0.6) is 5.75 Å². The van der Waals surface area contributed by atoms with Crippen LogP contribution in [-0.4, -0.2) is 9.66 Å². The molecule has 0 aliphatic rings. The summed E-state index contributed by atoms with van der Waals surface area (Å²) in [5.41, 5.74) is 0. The first-order chi connectivity index (χ1) is 6.33. The van der Waals surface area contributed by atoms with E-state index in [1.807, 2.05) is 24.3 Å². The van der Waals surface area contributed by atoms with Crippen LogP contribution < -0.4 is 0 Å². The van der Waals surface area contributed by atoms with E-state index in [1.165, 1.54) is 0 Å². The molecule has 0 atom stereocenters. The molecular formula is C10H8O2S. The molecule has 0 fully saturated rings. The number of rotatable bonds is 1. The highest BCUT2D eigenvalue weighted by Crippen LogP contribution is 2.31. The molecule has 2 aromatic rings. The van der Waals surface area contributed by atoms with Gasteiger partial charge in [-0.3, -0.25) is 0 Å². The molecule has 0 aliphatic carbocycles. The molecule has 0 aromatic heterocycles. The second-order valence-corrected chi connectivity index (χ2v) is 3.34. The minimum Gasteiger partial charge on any atom is -0.507 e. The molecule has 2 rings (SSSR count). The van der Waals surface area contributed by atoms with Gasteiger partial charge in [0.05, 0.1) is 0 Å². The SMILES string of the molecule is OSc1ccc(O)c2ccccc12. The van der Waals surface area contributed by atoms with E-state index < -0.39 is 0 Å². The molecule has 0 radical (unpaired) electrons. The maximum atomic E-state index is 9.50. The minimum atomic E-state index is 0.244. The lowest BCUT2D eigenvalue weighted by molar-refractivity contribution is 0.481. The van der Waals surface area contributed by atoms with Gasteiger partial charge in [-0.1, -0.05) is 24.3 Å². The maximum Gasteiger partial charge on any atom is 0.123 e. The fourth-order valence-electron chi connectivity index (χ4n) is 1.34. The average molecular weight is 192 g/mol. The van der Waals surface area contributed by atoms with Crippen LogP contribution in [0, 0.1) is 0 Å². The molecule has 0 amide bonds. The van der Waals surface area contributed by atoms with Crippen molar-refractivity contribution in [3.63, 3.8) is 0 Å². The zero-order chi connectivity index (χ0) is 9.26. The summed E-state index contributed by atoms with van der Waals surface area (Å²) in [5.74, 6) is 0.244. The summed E-state index contributed by atoms with van der Waals surface area (Å²) in [4.78, 5) is 0.758. The summed E-state index contributed by atoms with van der Waals surface area (Å²) in [7, 11) is 0. The summed E-state index contributed by atoms with van der Waals surface area (Å²) in [6, 6.07) is 10.7. The predicted octanol–water partition coefficient (Wildman–Crippen LogP) is 3.11. The largest absolute Gasteiger partial charge is 0.507 e. The van der Waals surface area contributed by atoms with Gasteiger partial charge in [0.1, 0.15) is 5.75 Å². The Morgan fingerprint density at radius 2 is 1.62 bits per heavy atom. The Balaban J connectivity index is 2.84. The van der Waals surface area contributed by atoms with Gasteiger partial charge in [-0.25, -0.2) is 0 Å². The second kappa shape index (κ2) is 3.28. The summed E-state index contributed by atoms with van der Waals surface area (Å²) >= 11 is 0.696. The topological polar surface area (TPSA) is 40.5 Å². The normalized spacial score (nSPS) is 10.5. The van der Waals surface area contributed by atoms with Crippen LogP contribution >= 0.6 is 12.0 Å². The first-order valence-electron chi connectivity index (χ1n) is 3.85. The third-order valence-electron chi connectivity index (χ3n) is 1.96. The van der Waals surface area contributed by atoms with Crippen LogP contribution in [0.3, 0.4) is 0 Å². The predicted molar refractivity (Wildman–Crippen MR) is 54.1 cm³/mol. The minimum absolute atomic E-state index is 0.244. The van der Waals surface area contributed by atoms with E-state index in [4.69, 9.17) is 4.55 Å². The summed E-state index contributed by atoms with van der Waals surface area (Å²) in [6.07, 6.45) is 0. The quantitative estimate of drug-likeness (QED) is 0.682. The first kappa shape index (κ1) is 8.41. The molecule has 0 heterocycles. The van der Waals surface area contributed by atoms with E-state index in [1.54, 1.807) is 12.1 Å². The fourth-order valence-corrected chi connectivity index (χ4v) is 1.74. The Morgan fingerprint density at radius 3 is 2.31 bits per heavy atom. The molecule has 0 bridgehead atoms. The Hall–Kier alpha value is -1.19. The van der Waals surface area contributed by atoms with Crippen LogP contribution in [-0.2, 0) is 0 Å². The Kier molecular flexibility index (Phi) is 2.12. The Bertz CT molecular complexity index is 440. The molecule has 2 aromatic carbocycles. The molecule has 0 spiro atoms. The third-order valence-corrected chi connectivity index (χ3v) is 2.51. The van der Waals surface area contributed by atoms with E-state index >= 15 is 0 Å².